The molecular weight excluding hydrogens is 426 g/mol. The molecule has 11 heteroatoms. The first kappa shape index (κ1) is 19.8. The number of hydrazone groups is 1. The van der Waals surface area contributed by atoms with Crippen molar-refractivity contribution in [1.29, 1.82) is 0 Å². The fourth-order valence-corrected chi connectivity index (χ4v) is 7.41. The van der Waals surface area contributed by atoms with Crippen LogP contribution in [0.1, 0.15) is 11.3 Å². The zero-order chi connectivity index (χ0) is 21.7. The minimum atomic E-state index is -4.34. The molecule has 4 rings (SSSR count). The normalized spacial score (nSPS) is 17.4. The smallest absolute Gasteiger partial charge is 0.269 e. The van der Waals surface area contributed by atoms with Crippen molar-refractivity contribution in [2.75, 3.05) is 5.43 Å². The number of anilines is 1. The summed E-state index contributed by atoms with van der Waals surface area (Å²) in [7, 11) is -8.68. The predicted molar refractivity (Wildman–Crippen MR) is 111 cm³/mol. The molecule has 0 saturated carbocycles. The molecule has 0 atom stereocenters. The Kier molecular flexibility index (Phi) is 4.48. The SMILES string of the molecule is [C-]#[N+]c1c(C)nn(-c2ccccc2)c1NN=C1S(=O)(=O)c2ccc(C)cc2S1(=O)=O. The van der Waals surface area contributed by atoms with Crippen LogP contribution in [0.4, 0.5) is 11.5 Å². The summed E-state index contributed by atoms with van der Waals surface area (Å²) in [6.45, 7) is 10.7. The van der Waals surface area contributed by atoms with Gasteiger partial charge in [-0.3, -0.25) is 5.43 Å². The van der Waals surface area contributed by atoms with Gasteiger partial charge in [-0.15, -0.1) is 5.10 Å². The van der Waals surface area contributed by atoms with Crippen molar-refractivity contribution in [2.45, 2.75) is 23.6 Å². The molecule has 0 fully saturated rings. The highest BCUT2D eigenvalue weighted by molar-refractivity contribution is 8.33. The van der Waals surface area contributed by atoms with Crippen LogP contribution in [0.25, 0.3) is 10.5 Å². The molecular formula is C19H15N5O4S2. The van der Waals surface area contributed by atoms with Crippen molar-refractivity contribution in [1.82, 2.24) is 9.78 Å². The first-order valence-electron chi connectivity index (χ1n) is 8.65. The van der Waals surface area contributed by atoms with E-state index in [1.807, 2.05) is 0 Å². The Bertz CT molecular complexity index is 1470. The summed E-state index contributed by atoms with van der Waals surface area (Å²) in [5.41, 5.74) is 4.15. The van der Waals surface area contributed by atoms with E-state index in [9.17, 15) is 16.8 Å². The van der Waals surface area contributed by atoms with Crippen LogP contribution in [0.2, 0.25) is 0 Å². The number of sulfone groups is 2. The fraction of sp³-hybridized carbons (Fsp3) is 0.105. The van der Waals surface area contributed by atoms with Crippen molar-refractivity contribution in [3.63, 3.8) is 0 Å². The summed E-state index contributed by atoms with van der Waals surface area (Å²) in [4.78, 5) is 2.80. The maximum absolute atomic E-state index is 12.9. The van der Waals surface area contributed by atoms with E-state index < -0.39 is 24.1 Å². The van der Waals surface area contributed by atoms with Crippen LogP contribution in [0.3, 0.4) is 0 Å². The molecule has 1 aliphatic heterocycles. The van der Waals surface area contributed by atoms with Crippen molar-refractivity contribution >= 4 is 35.6 Å². The van der Waals surface area contributed by atoms with Crippen LogP contribution in [0.5, 0.6) is 0 Å². The molecule has 0 amide bonds. The lowest BCUT2D eigenvalue weighted by molar-refractivity contribution is 0.603. The largest absolute Gasteiger partial charge is 0.276 e. The van der Waals surface area contributed by atoms with Gasteiger partial charge in [0.15, 0.2) is 5.82 Å². The molecule has 3 aromatic rings. The summed E-state index contributed by atoms with van der Waals surface area (Å²) in [6, 6.07) is 12.9. The molecule has 1 aromatic heterocycles. The van der Waals surface area contributed by atoms with Gasteiger partial charge in [-0.1, -0.05) is 24.3 Å². The summed E-state index contributed by atoms with van der Waals surface area (Å²) in [6.07, 6.45) is 0. The minimum Gasteiger partial charge on any atom is -0.269 e. The number of fused-ring (bicyclic) bond motifs is 1. The van der Waals surface area contributed by atoms with Gasteiger partial charge in [0.2, 0.25) is 19.7 Å². The molecule has 30 heavy (non-hydrogen) atoms. The Hall–Kier alpha value is -3.49. The van der Waals surface area contributed by atoms with Gasteiger partial charge < -0.3 is 0 Å². The van der Waals surface area contributed by atoms with Gasteiger partial charge in [-0.05, 0) is 43.7 Å². The predicted octanol–water partition coefficient (Wildman–Crippen LogP) is 2.98. The maximum Gasteiger partial charge on any atom is 0.276 e. The van der Waals surface area contributed by atoms with Crippen molar-refractivity contribution in [2.24, 2.45) is 5.10 Å². The lowest BCUT2D eigenvalue weighted by Gasteiger charge is -2.08. The Morgan fingerprint density at radius 1 is 1.00 bits per heavy atom. The van der Waals surface area contributed by atoms with Gasteiger partial charge in [0.1, 0.15) is 0 Å². The Morgan fingerprint density at radius 2 is 1.67 bits per heavy atom. The summed E-state index contributed by atoms with van der Waals surface area (Å²) < 4.78 is 51.7. The monoisotopic (exact) mass is 441 g/mol. The Balaban J connectivity index is 1.87. The molecule has 0 unspecified atom stereocenters. The van der Waals surface area contributed by atoms with Crippen LogP contribution < -0.4 is 5.43 Å². The van der Waals surface area contributed by atoms with E-state index in [-0.39, 0.29) is 21.3 Å². The lowest BCUT2D eigenvalue weighted by Crippen LogP contribution is -2.18. The third-order valence-electron chi connectivity index (χ3n) is 4.53. The van der Waals surface area contributed by atoms with E-state index in [1.54, 1.807) is 44.2 Å². The average Bonchev–Trinajstić information content (AvgIpc) is 3.10. The molecule has 0 radical (unpaired) electrons. The lowest BCUT2D eigenvalue weighted by atomic mass is 10.2. The van der Waals surface area contributed by atoms with Gasteiger partial charge in [0.25, 0.3) is 10.1 Å². The number of hydrogen-bond acceptors (Lipinski definition) is 7. The van der Waals surface area contributed by atoms with Crippen LogP contribution in [-0.2, 0) is 19.7 Å². The number of nitrogens with one attached hydrogen (secondary N) is 1. The zero-order valence-electron chi connectivity index (χ0n) is 15.9. The highest BCUT2D eigenvalue weighted by Crippen LogP contribution is 2.36. The fourth-order valence-electron chi connectivity index (χ4n) is 3.11. The number of benzene rings is 2. The number of para-hydroxylation sites is 1. The number of aromatic nitrogens is 2. The topological polar surface area (TPSA) is 115 Å². The van der Waals surface area contributed by atoms with Crippen LogP contribution >= 0.6 is 0 Å². The van der Waals surface area contributed by atoms with Gasteiger partial charge in [0, 0.05) is 0 Å². The van der Waals surface area contributed by atoms with E-state index in [4.69, 9.17) is 6.57 Å². The van der Waals surface area contributed by atoms with Crippen molar-refractivity contribution in [3.8, 4) is 5.69 Å². The highest BCUT2D eigenvalue weighted by Gasteiger charge is 2.47. The van der Waals surface area contributed by atoms with E-state index in [2.05, 4.69) is 20.5 Å². The first-order valence-corrected chi connectivity index (χ1v) is 11.6. The Labute approximate surface area is 173 Å². The van der Waals surface area contributed by atoms with Crippen LogP contribution in [-0.4, -0.2) is 31.0 Å². The Morgan fingerprint density at radius 3 is 2.33 bits per heavy atom. The highest BCUT2D eigenvalue weighted by atomic mass is 32.3. The van der Waals surface area contributed by atoms with Gasteiger partial charge >= 0.3 is 0 Å². The number of rotatable bonds is 3. The molecule has 9 nitrogen and oxygen atoms in total. The molecule has 0 spiro atoms. The van der Waals surface area contributed by atoms with Gasteiger partial charge in [-0.2, -0.15) is 5.10 Å². The third-order valence-corrected chi connectivity index (χ3v) is 8.93. The third kappa shape index (κ3) is 2.89. The summed E-state index contributed by atoms with van der Waals surface area (Å²) >= 11 is 0. The molecule has 1 N–H and O–H groups in total. The molecule has 0 saturated heterocycles. The van der Waals surface area contributed by atoms with Crippen molar-refractivity contribution < 1.29 is 16.8 Å². The van der Waals surface area contributed by atoms with E-state index in [1.165, 1.54) is 22.9 Å². The molecule has 0 aliphatic carbocycles. The van der Waals surface area contributed by atoms with E-state index in [0.29, 0.717) is 16.9 Å². The van der Waals surface area contributed by atoms with E-state index in [0.717, 1.165) is 0 Å². The standard InChI is InChI=1S/C19H15N5O4S2/c1-12-9-10-15-16(11-12)30(27,28)19(29(15,25)26)22-21-18-17(20-3)13(2)23-24(18)14-7-5-4-6-8-14/h4-11,21H,1-2H3. The van der Waals surface area contributed by atoms with Gasteiger partial charge in [0.05, 0.1) is 27.7 Å². The van der Waals surface area contributed by atoms with Gasteiger partial charge in [-0.25, -0.2) is 26.4 Å². The van der Waals surface area contributed by atoms with Crippen LogP contribution in [0, 0.1) is 20.4 Å². The molecule has 152 valence electrons. The minimum absolute atomic E-state index is 0.0683. The molecule has 0 bridgehead atoms. The second kappa shape index (κ2) is 6.79. The number of aryl methyl sites for hydroxylation is 2. The van der Waals surface area contributed by atoms with E-state index >= 15 is 0 Å². The number of nitrogens with zero attached hydrogens (tertiary/aromatic N) is 4. The first-order chi connectivity index (χ1) is 14.2. The quantitative estimate of drug-likeness (QED) is 0.494. The summed E-state index contributed by atoms with van der Waals surface area (Å²) in [5.74, 6) is 0.0683. The van der Waals surface area contributed by atoms with Crippen LogP contribution in [0.15, 0.2) is 63.4 Å². The second-order valence-corrected chi connectivity index (χ2v) is 10.5. The second-order valence-electron chi connectivity index (χ2n) is 6.59. The zero-order valence-corrected chi connectivity index (χ0v) is 17.5. The number of hydrogen-bond donors (Lipinski definition) is 1. The maximum atomic E-state index is 12.9. The average molecular weight is 441 g/mol. The molecule has 2 aromatic carbocycles. The molecule has 2 heterocycles. The van der Waals surface area contributed by atoms with Crippen molar-refractivity contribution in [3.05, 3.63) is 71.2 Å². The summed E-state index contributed by atoms with van der Waals surface area (Å²) in [5, 5.41) is 8.03. The molecule has 1 aliphatic rings.